The Morgan fingerprint density at radius 3 is 2.46 bits per heavy atom. The van der Waals surface area contributed by atoms with Crippen molar-refractivity contribution in [3.05, 3.63) is 54.1 Å². The third-order valence-electron chi connectivity index (χ3n) is 12.6. The van der Waals surface area contributed by atoms with Crippen LogP contribution in [0.25, 0.3) is 22.2 Å². The van der Waals surface area contributed by atoms with Crippen molar-refractivity contribution in [1.29, 1.82) is 0 Å². The number of sulfonamides is 1. The summed E-state index contributed by atoms with van der Waals surface area (Å²) in [4.78, 5) is 62.9. The minimum Gasteiger partial charge on any atom is -0.496 e. The van der Waals surface area contributed by atoms with Gasteiger partial charge in [0.1, 0.15) is 35.2 Å². The van der Waals surface area contributed by atoms with Crippen LogP contribution in [0, 0.1) is 5.92 Å². The summed E-state index contributed by atoms with van der Waals surface area (Å²) in [6.45, 7) is 0.230. The summed E-state index contributed by atoms with van der Waals surface area (Å²) < 4.78 is 46.5. The Balaban J connectivity index is 1.17. The third kappa shape index (κ3) is 9.14. The number of pyridine rings is 1. The number of nitrogens with one attached hydrogen (secondary N) is 3. The van der Waals surface area contributed by atoms with Crippen LogP contribution in [0.5, 0.6) is 11.5 Å². The maximum Gasteiger partial charge on any atom is 0.407 e. The highest BCUT2D eigenvalue weighted by molar-refractivity contribution is 7.91. The number of hydrogen-bond donors (Lipinski definition) is 3. The molecule has 8 rings (SSSR count). The first-order valence-corrected chi connectivity index (χ1v) is 22.9. The fourth-order valence-electron chi connectivity index (χ4n) is 9.06. The number of carbonyl (C=O) groups excluding carboxylic acids is 4. The lowest BCUT2D eigenvalue weighted by atomic mass is 10.0. The van der Waals surface area contributed by atoms with Gasteiger partial charge in [-0.25, -0.2) is 18.2 Å². The van der Waals surface area contributed by atoms with E-state index in [2.05, 4.69) is 21.4 Å². The molecule has 2 aromatic carbocycles. The number of cyclic esters (lactones) is 1. The highest BCUT2D eigenvalue weighted by atomic mass is 32.2. The first-order valence-electron chi connectivity index (χ1n) is 21.4. The van der Waals surface area contributed by atoms with Crippen LogP contribution < -0.4 is 24.8 Å². The number of aromatic nitrogens is 1. The largest absolute Gasteiger partial charge is 0.496 e. The molecule has 2 aliphatic carbocycles. The summed E-state index contributed by atoms with van der Waals surface area (Å²) in [7, 11) is -2.23. The molecule has 14 nitrogen and oxygen atoms in total. The van der Waals surface area contributed by atoms with Crippen LogP contribution in [-0.2, 0) is 35.6 Å². The number of nitrogens with zero attached hydrogens (tertiary/aromatic N) is 2. The van der Waals surface area contributed by atoms with E-state index >= 15 is 0 Å². The summed E-state index contributed by atoms with van der Waals surface area (Å²) in [5, 5.41) is 5.96. The van der Waals surface area contributed by atoms with Crippen molar-refractivity contribution in [1.82, 2.24) is 25.2 Å². The van der Waals surface area contributed by atoms with Crippen LogP contribution >= 0.6 is 0 Å². The first-order chi connectivity index (χ1) is 28.5. The van der Waals surface area contributed by atoms with Crippen LogP contribution in [0.2, 0.25) is 0 Å². The summed E-state index contributed by atoms with van der Waals surface area (Å²) in [6.07, 6.45) is 9.17. The number of alkyl carbamates (subject to hydrolysis) is 1. The fraction of sp³-hybridized carbons (Fsp3) is 0.568. The van der Waals surface area contributed by atoms with Gasteiger partial charge in [-0.2, -0.15) is 0 Å². The molecule has 3 aromatic rings. The Morgan fingerprint density at radius 2 is 1.68 bits per heavy atom. The van der Waals surface area contributed by atoms with Gasteiger partial charge in [0, 0.05) is 29.5 Å². The molecule has 2 saturated carbocycles. The summed E-state index contributed by atoms with van der Waals surface area (Å²) in [5.41, 5.74) is 1.81. The van der Waals surface area contributed by atoms with Gasteiger partial charge >= 0.3 is 6.09 Å². The molecule has 0 radical (unpaired) electrons. The van der Waals surface area contributed by atoms with Crippen LogP contribution in [0.4, 0.5) is 4.79 Å². The van der Waals surface area contributed by atoms with Gasteiger partial charge in [-0.3, -0.25) is 19.1 Å². The summed E-state index contributed by atoms with van der Waals surface area (Å²) >= 11 is 0. The SMILES string of the molecule is COc1cc2nc(-c3ccccc3)cc3c2cc1CCCCCCOC(=O)N[C@H]1CCCCCCC[C@@H]2C[C@@]2(C(=O)NS(=O)(=O)C2CC2)NC(=O)[C@@H]2C[C@H](CN2C1=O)O3. The summed E-state index contributed by atoms with van der Waals surface area (Å²) in [6, 6.07) is 13.6. The number of aryl methyl sites for hydroxylation is 1. The molecule has 5 aliphatic rings. The van der Waals surface area contributed by atoms with Crippen molar-refractivity contribution in [2.45, 2.75) is 132 Å². The van der Waals surface area contributed by atoms with Crippen molar-refractivity contribution in [2.75, 3.05) is 20.3 Å². The number of rotatable bonds is 5. The maximum absolute atomic E-state index is 14.7. The molecule has 316 valence electrons. The second kappa shape index (κ2) is 17.4. The van der Waals surface area contributed by atoms with E-state index in [0.717, 1.165) is 67.9 Å². The first kappa shape index (κ1) is 40.8. The van der Waals surface area contributed by atoms with Crippen molar-refractivity contribution in [3.63, 3.8) is 0 Å². The second-order valence-corrected chi connectivity index (χ2v) is 18.9. The Bertz CT molecular complexity index is 2180. The monoisotopic (exact) mass is 829 g/mol. The Labute approximate surface area is 345 Å². The highest BCUT2D eigenvalue weighted by Crippen LogP contribution is 2.48. The second-order valence-electron chi connectivity index (χ2n) is 16.9. The zero-order valence-corrected chi connectivity index (χ0v) is 34.5. The molecule has 5 atom stereocenters. The van der Waals surface area contributed by atoms with E-state index in [1.54, 1.807) is 7.11 Å². The topological polar surface area (TPSA) is 182 Å². The molecule has 4 amide bonds. The number of hydrogen-bond acceptors (Lipinski definition) is 10. The highest BCUT2D eigenvalue weighted by Gasteiger charge is 2.62. The number of fused-ring (bicyclic) bond motifs is 4. The van der Waals surface area contributed by atoms with Crippen LogP contribution in [-0.4, -0.2) is 91.4 Å². The number of benzene rings is 2. The smallest absolute Gasteiger partial charge is 0.407 e. The molecule has 1 aromatic heterocycles. The normalized spacial score (nSPS) is 27.3. The van der Waals surface area contributed by atoms with Gasteiger partial charge in [0.2, 0.25) is 21.8 Å². The molecule has 59 heavy (non-hydrogen) atoms. The lowest BCUT2D eigenvalue weighted by Crippen LogP contribution is -2.58. The Hall–Kier alpha value is -4.92. The van der Waals surface area contributed by atoms with E-state index in [1.807, 2.05) is 42.5 Å². The van der Waals surface area contributed by atoms with Gasteiger partial charge in [-0.15, -0.1) is 0 Å². The van der Waals surface area contributed by atoms with E-state index in [0.29, 0.717) is 67.7 Å². The molecular weight excluding hydrogens is 775 g/mol. The van der Waals surface area contributed by atoms with E-state index < -0.39 is 62.8 Å². The third-order valence-corrected chi connectivity index (χ3v) is 14.5. The number of carbonyl (C=O) groups is 4. The van der Waals surface area contributed by atoms with Crippen LogP contribution in [0.3, 0.4) is 0 Å². The molecule has 5 bridgehead atoms. The van der Waals surface area contributed by atoms with Crippen LogP contribution in [0.15, 0.2) is 48.5 Å². The average Bonchev–Trinajstić information content (AvgIpc) is 4.15. The van der Waals surface area contributed by atoms with E-state index in [1.165, 1.54) is 4.90 Å². The van der Waals surface area contributed by atoms with Crippen molar-refractivity contribution in [3.8, 4) is 22.8 Å². The molecule has 15 heteroatoms. The molecule has 2 saturated heterocycles. The van der Waals surface area contributed by atoms with Gasteiger partial charge < -0.3 is 29.7 Å². The molecule has 0 unspecified atom stereocenters. The maximum atomic E-state index is 14.7. The fourth-order valence-corrected chi connectivity index (χ4v) is 10.4. The Morgan fingerprint density at radius 1 is 0.932 bits per heavy atom. The molecule has 4 heterocycles. The Kier molecular flexibility index (Phi) is 12.0. The number of ether oxygens (including phenoxy) is 3. The lowest BCUT2D eigenvalue weighted by molar-refractivity contribution is -0.141. The molecule has 3 N–H and O–H groups in total. The van der Waals surface area contributed by atoms with Gasteiger partial charge in [-0.05, 0) is 68.9 Å². The zero-order valence-electron chi connectivity index (χ0n) is 33.7. The standard InChI is InChI=1S/C44H55N5O9S/c1-56-38-25-36-33-22-29(38)16-8-5-6-13-21-57-43(53)46-34-18-12-4-2-3-11-17-30-26-44(30,42(52)48-59(54,55)32-19-20-32)47-40(50)37-23-31(27-49(37)41(34)51)58-39(33)24-35(45-36)28-14-9-7-10-15-28/h7,9-10,14-15,22,24-25,30-32,34,37H,2-6,8,11-13,16-21,23,26-27H2,1H3,(H,46,53)(H,47,50)(H,48,52)/t30-,31-,34+,37+,44-/m1/s1. The van der Waals surface area contributed by atoms with Gasteiger partial charge in [0.05, 0.1) is 36.7 Å². The van der Waals surface area contributed by atoms with Gasteiger partial charge in [0.15, 0.2) is 0 Å². The van der Waals surface area contributed by atoms with Crippen molar-refractivity contribution < 1.29 is 41.8 Å². The van der Waals surface area contributed by atoms with E-state index in [9.17, 15) is 27.6 Å². The predicted molar refractivity (Wildman–Crippen MR) is 220 cm³/mol. The summed E-state index contributed by atoms with van der Waals surface area (Å²) in [5.74, 6) is -0.730. The minimum atomic E-state index is -3.88. The van der Waals surface area contributed by atoms with Crippen LogP contribution in [0.1, 0.15) is 102 Å². The molecule has 3 aliphatic heterocycles. The minimum absolute atomic E-state index is 0.0241. The van der Waals surface area contributed by atoms with Gasteiger partial charge in [-0.1, -0.05) is 75.3 Å². The average molecular weight is 830 g/mol. The van der Waals surface area contributed by atoms with Crippen molar-refractivity contribution >= 4 is 44.7 Å². The molecular formula is C44H55N5O9S. The molecule has 0 spiro atoms. The quantitative estimate of drug-likeness (QED) is 0.289. The van der Waals surface area contributed by atoms with Crippen molar-refractivity contribution in [2.24, 2.45) is 5.92 Å². The van der Waals surface area contributed by atoms with E-state index in [4.69, 9.17) is 19.2 Å². The number of amides is 4. The predicted octanol–water partition coefficient (Wildman–Crippen LogP) is 5.70. The number of methoxy groups -OCH3 is 1. The van der Waals surface area contributed by atoms with Gasteiger partial charge in [0.25, 0.3) is 5.91 Å². The van der Waals surface area contributed by atoms with E-state index in [-0.39, 0.29) is 25.5 Å². The zero-order chi connectivity index (χ0) is 41.1. The molecule has 4 fully saturated rings. The lowest BCUT2D eigenvalue weighted by Gasteiger charge is -2.29.